The Labute approximate surface area is 86.2 Å². The van der Waals surface area contributed by atoms with Crippen LogP contribution in [-0.2, 0) is 9.53 Å². The molecule has 3 heteroatoms. The molecule has 2 atom stereocenters. The Bertz CT molecular complexity index is 192. The summed E-state index contributed by atoms with van der Waals surface area (Å²) in [6, 6.07) is 0.279. The van der Waals surface area contributed by atoms with Gasteiger partial charge in [0.15, 0.2) is 0 Å². The first-order chi connectivity index (χ1) is 6.61. The lowest BCUT2D eigenvalue weighted by Crippen LogP contribution is -2.29. The lowest BCUT2D eigenvalue weighted by Gasteiger charge is -2.14. The first kappa shape index (κ1) is 11.5. The first-order valence-electron chi connectivity index (χ1n) is 5.51. The van der Waals surface area contributed by atoms with E-state index in [2.05, 4.69) is 19.2 Å². The predicted octanol–water partition coefficient (Wildman–Crippen LogP) is 1.57. The van der Waals surface area contributed by atoms with Crippen LogP contribution in [0.4, 0.5) is 0 Å². The van der Waals surface area contributed by atoms with Gasteiger partial charge in [-0.25, -0.2) is 0 Å². The molecule has 0 aliphatic carbocycles. The average Bonchev–Trinajstić information content (AvgIpc) is 2.50. The number of hydrogen-bond donors (Lipinski definition) is 1. The van der Waals surface area contributed by atoms with Crippen LogP contribution in [0.1, 0.15) is 33.6 Å². The minimum Gasteiger partial charge on any atom is -0.465 e. The van der Waals surface area contributed by atoms with Crippen molar-refractivity contribution in [3.63, 3.8) is 0 Å². The topological polar surface area (TPSA) is 38.3 Å². The highest BCUT2D eigenvalue weighted by Crippen LogP contribution is 2.16. The Morgan fingerprint density at radius 2 is 2.29 bits per heavy atom. The highest BCUT2D eigenvalue weighted by molar-refractivity contribution is 5.73. The lowest BCUT2D eigenvalue weighted by molar-refractivity contribution is -0.149. The van der Waals surface area contributed by atoms with Crippen molar-refractivity contribution in [2.45, 2.75) is 39.7 Å². The second-order valence-electron chi connectivity index (χ2n) is 4.49. The Kier molecular flexibility index (Phi) is 4.39. The van der Waals surface area contributed by atoms with Crippen molar-refractivity contribution in [1.82, 2.24) is 5.32 Å². The van der Waals surface area contributed by atoms with Gasteiger partial charge in [0.05, 0.1) is 12.5 Å². The summed E-state index contributed by atoms with van der Waals surface area (Å²) < 4.78 is 5.23. The van der Waals surface area contributed by atoms with Crippen LogP contribution in [0.3, 0.4) is 0 Å². The molecule has 82 valence electrons. The van der Waals surface area contributed by atoms with Gasteiger partial charge in [-0.3, -0.25) is 4.79 Å². The summed E-state index contributed by atoms with van der Waals surface area (Å²) in [6.45, 7) is 7.81. The van der Waals surface area contributed by atoms with Crippen molar-refractivity contribution in [3.8, 4) is 0 Å². The molecule has 2 unspecified atom stereocenters. The molecule has 0 radical (unpaired) electrons. The predicted molar refractivity (Wildman–Crippen MR) is 56.0 cm³/mol. The fourth-order valence-corrected chi connectivity index (χ4v) is 1.68. The zero-order chi connectivity index (χ0) is 10.6. The molecular weight excluding hydrogens is 178 g/mol. The molecule has 0 aromatic carbocycles. The summed E-state index contributed by atoms with van der Waals surface area (Å²) in [7, 11) is 0. The van der Waals surface area contributed by atoms with Gasteiger partial charge in [0.25, 0.3) is 0 Å². The minimum absolute atomic E-state index is 0.0249. The van der Waals surface area contributed by atoms with E-state index in [-0.39, 0.29) is 17.9 Å². The van der Waals surface area contributed by atoms with Crippen molar-refractivity contribution in [2.24, 2.45) is 11.8 Å². The van der Waals surface area contributed by atoms with Crippen molar-refractivity contribution in [3.05, 3.63) is 0 Å². The van der Waals surface area contributed by atoms with Crippen LogP contribution in [0.25, 0.3) is 0 Å². The van der Waals surface area contributed by atoms with E-state index in [1.165, 1.54) is 0 Å². The molecule has 0 spiro atoms. The number of ether oxygens (including phenoxy) is 1. The fourth-order valence-electron chi connectivity index (χ4n) is 1.68. The summed E-state index contributed by atoms with van der Waals surface area (Å²) in [5, 5.41) is 3.25. The molecule has 0 aromatic rings. The number of carbonyl (C=O) groups is 1. The third kappa shape index (κ3) is 3.29. The summed E-state index contributed by atoms with van der Waals surface area (Å²) in [4.78, 5) is 11.6. The average molecular weight is 199 g/mol. The van der Waals surface area contributed by atoms with Gasteiger partial charge in [-0.05, 0) is 32.2 Å². The molecule has 1 N–H and O–H groups in total. The zero-order valence-corrected chi connectivity index (χ0v) is 9.38. The van der Waals surface area contributed by atoms with Crippen LogP contribution >= 0.6 is 0 Å². The standard InChI is InChI=1S/C11H21NO2/c1-8(2)5-7-14-11(13)10-4-6-12-9(10)3/h8-10,12H,4-7H2,1-3H3. The number of nitrogens with one attached hydrogen (secondary N) is 1. The van der Waals surface area contributed by atoms with Crippen molar-refractivity contribution >= 4 is 5.97 Å². The highest BCUT2D eigenvalue weighted by atomic mass is 16.5. The zero-order valence-electron chi connectivity index (χ0n) is 9.38. The van der Waals surface area contributed by atoms with Crippen LogP contribution in [0.2, 0.25) is 0 Å². The Hall–Kier alpha value is -0.570. The number of hydrogen-bond acceptors (Lipinski definition) is 3. The third-order valence-electron chi connectivity index (χ3n) is 2.77. The van der Waals surface area contributed by atoms with E-state index < -0.39 is 0 Å². The van der Waals surface area contributed by atoms with E-state index in [1.807, 2.05) is 6.92 Å². The molecule has 0 bridgehead atoms. The van der Waals surface area contributed by atoms with E-state index in [0.717, 1.165) is 19.4 Å². The molecule has 0 aromatic heterocycles. The molecular formula is C11H21NO2. The lowest BCUT2D eigenvalue weighted by atomic mass is 10.0. The molecule has 1 saturated heterocycles. The smallest absolute Gasteiger partial charge is 0.310 e. The molecule has 3 nitrogen and oxygen atoms in total. The summed E-state index contributed by atoms with van der Waals surface area (Å²) in [6.07, 6.45) is 1.88. The van der Waals surface area contributed by atoms with Gasteiger partial charge in [0.1, 0.15) is 0 Å². The van der Waals surface area contributed by atoms with Crippen LogP contribution in [-0.4, -0.2) is 25.2 Å². The molecule has 1 rings (SSSR count). The Balaban J connectivity index is 2.21. The van der Waals surface area contributed by atoms with Gasteiger partial charge in [-0.15, -0.1) is 0 Å². The van der Waals surface area contributed by atoms with Crippen molar-refractivity contribution in [1.29, 1.82) is 0 Å². The Morgan fingerprint density at radius 3 is 2.79 bits per heavy atom. The molecule has 0 amide bonds. The second kappa shape index (κ2) is 5.35. The number of esters is 1. The summed E-state index contributed by atoms with van der Waals surface area (Å²) in [5.41, 5.74) is 0. The van der Waals surface area contributed by atoms with Crippen LogP contribution in [0.15, 0.2) is 0 Å². The van der Waals surface area contributed by atoms with Gasteiger partial charge >= 0.3 is 5.97 Å². The van der Waals surface area contributed by atoms with Gasteiger partial charge in [-0.2, -0.15) is 0 Å². The largest absolute Gasteiger partial charge is 0.465 e. The summed E-state index contributed by atoms with van der Waals surface area (Å²) in [5.74, 6) is 0.646. The normalized spacial score (nSPS) is 26.9. The van der Waals surface area contributed by atoms with E-state index in [1.54, 1.807) is 0 Å². The molecule has 1 aliphatic heterocycles. The maximum absolute atomic E-state index is 11.6. The molecule has 1 aliphatic rings. The second-order valence-corrected chi connectivity index (χ2v) is 4.49. The molecule has 0 saturated carbocycles. The van der Waals surface area contributed by atoms with E-state index in [4.69, 9.17) is 4.74 Å². The SMILES string of the molecule is CC(C)CCOC(=O)C1CCNC1C. The molecule has 1 heterocycles. The number of rotatable bonds is 4. The summed E-state index contributed by atoms with van der Waals surface area (Å²) >= 11 is 0. The Morgan fingerprint density at radius 1 is 1.57 bits per heavy atom. The van der Waals surface area contributed by atoms with E-state index >= 15 is 0 Å². The molecule has 1 fully saturated rings. The van der Waals surface area contributed by atoms with Gasteiger partial charge in [-0.1, -0.05) is 13.8 Å². The monoisotopic (exact) mass is 199 g/mol. The molecule has 14 heavy (non-hydrogen) atoms. The van der Waals surface area contributed by atoms with Gasteiger partial charge in [0, 0.05) is 6.04 Å². The fraction of sp³-hybridized carbons (Fsp3) is 0.909. The van der Waals surface area contributed by atoms with E-state index in [0.29, 0.717) is 12.5 Å². The number of carbonyl (C=O) groups excluding carboxylic acids is 1. The van der Waals surface area contributed by atoms with Crippen LogP contribution < -0.4 is 5.32 Å². The van der Waals surface area contributed by atoms with Gasteiger partial charge < -0.3 is 10.1 Å². The first-order valence-corrected chi connectivity index (χ1v) is 5.51. The third-order valence-corrected chi connectivity index (χ3v) is 2.77. The van der Waals surface area contributed by atoms with Crippen molar-refractivity contribution in [2.75, 3.05) is 13.2 Å². The highest BCUT2D eigenvalue weighted by Gasteiger charge is 2.30. The maximum Gasteiger partial charge on any atom is 0.310 e. The van der Waals surface area contributed by atoms with Crippen molar-refractivity contribution < 1.29 is 9.53 Å². The van der Waals surface area contributed by atoms with Gasteiger partial charge in [0.2, 0.25) is 0 Å². The minimum atomic E-state index is -0.0249. The van der Waals surface area contributed by atoms with Crippen LogP contribution in [0, 0.1) is 11.8 Å². The maximum atomic E-state index is 11.6. The van der Waals surface area contributed by atoms with E-state index in [9.17, 15) is 4.79 Å². The van der Waals surface area contributed by atoms with Crippen LogP contribution in [0.5, 0.6) is 0 Å². The quantitative estimate of drug-likeness (QED) is 0.698.